The number of rotatable bonds is 7. The molecule has 1 unspecified atom stereocenters. The Bertz CT molecular complexity index is 389. The molecular formula is C10H20N2O5S. The van der Waals surface area contributed by atoms with Gasteiger partial charge < -0.3 is 15.4 Å². The van der Waals surface area contributed by atoms with E-state index in [4.69, 9.17) is 5.73 Å². The molecule has 1 atom stereocenters. The van der Waals surface area contributed by atoms with E-state index in [0.29, 0.717) is 13.1 Å². The Labute approximate surface area is 107 Å². The van der Waals surface area contributed by atoms with Crippen molar-refractivity contribution in [3.63, 3.8) is 0 Å². The maximum atomic E-state index is 11.9. The van der Waals surface area contributed by atoms with Crippen LogP contribution in [0, 0.1) is 0 Å². The van der Waals surface area contributed by atoms with Crippen molar-refractivity contribution in [2.75, 3.05) is 32.5 Å². The molecular weight excluding hydrogens is 260 g/mol. The van der Waals surface area contributed by atoms with Crippen LogP contribution in [-0.4, -0.2) is 62.9 Å². The minimum absolute atomic E-state index is 0.402. The van der Waals surface area contributed by atoms with Gasteiger partial charge in [0.25, 0.3) is 0 Å². The van der Waals surface area contributed by atoms with Crippen LogP contribution >= 0.6 is 0 Å². The zero-order chi connectivity index (χ0) is 14.3. The lowest BCUT2D eigenvalue weighted by molar-refractivity contribution is -0.139. The molecule has 0 aromatic rings. The van der Waals surface area contributed by atoms with Crippen LogP contribution in [0.25, 0.3) is 0 Å². The molecule has 0 aliphatic rings. The van der Waals surface area contributed by atoms with E-state index in [-0.39, 0.29) is 0 Å². The standard InChI is InChI=1S/C10H20N2O5S/c1-4-12(5-2)9(13)7-18(15,16)8(6-11)10(14)17-3/h8H,4-7,11H2,1-3H3. The number of ether oxygens (including phenoxy) is 1. The van der Waals surface area contributed by atoms with Crippen LogP contribution in [0.3, 0.4) is 0 Å². The number of carbonyl (C=O) groups is 2. The Hall–Kier alpha value is -1.15. The Kier molecular flexibility index (Phi) is 6.85. The topological polar surface area (TPSA) is 107 Å². The summed E-state index contributed by atoms with van der Waals surface area (Å²) in [5.41, 5.74) is 5.25. The lowest BCUT2D eigenvalue weighted by atomic mass is 10.4. The lowest BCUT2D eigenvalue weighted by Gasteiger charge is -2.20. The molecule has 0 fully saturated rings. The molecule has 0 aromatic heterocycles. The van der Waals surface area contributed by atoms with Crippen LogP contribution in [-0.2, 0) is 24.2 Å². The van der Waals surface area contributed by atoms with E-state index >= 15 is 0 Å². The molecule has 0 saturated heterocycles. The summed E-state index contributed by atoms with van der Waals surface area (Å²) >= 11 is 0. The summed E-state index contributed by atoms with van der Waals surface area (Å²) in [4.78, 5) is 24.4. The molecule has 0 rings (SSSR count). The van der Waals surface area contributed by atoms with Crippen molar-refractivity contribution in [3.05, 3.63) is 0 Å². The molecule has 0 spiro atoms. The van der Waals surface area contributed by atoms with Crippen LogP contribution in [0.2, 0.25) is 0 Å². The molecule has 0 heterocycles. The van der Waals surface area contributed by atoms with E-state index in [2.05, 4.69) is 4.74 Å². The summed E-state index contributed by atoms with van der Waals surface area (Å²) in [6.07, 6.45) is 0. The maximum Gasteiger partial charge on any atom is 0.325 e. The van der Waals surface area contributed by atoms with E-state index in [1.54, 1.807) is 13.8 Å². The molecule has 0 bridgehead atoms. The fourth-order valence-electron chi connectivity index (χ4n) is 1.46. The summed E-state index contributed by atoms with van der Waals surface area (Å²) in [7, 11) is -2.86. The van der Waals surface area contributed by atoms with Gasteiger partial charge >= 0.3 is 5.97 Å². The number of sulfone groups is 1. The third-order valence-corrected chi connectivity index (χ3v) is 4.45. The van der Waals surface area contributed by atoms with E-state index < -0.39 is 39.3 Å². The van der Waals surface area contributed by atoms with Crippen molar-refractivity contribution in [1.82, 2.24) is 4.90 Å². The van der Waals surface area contributed by atoms with E-state index in [9.17, 15) is 18.0 Å². The van der Waals surface area contributed by atoms with Crippen LogP contribution < -0.4 is 5.73 Å². The zero-order valence-electron chi connectivity index (χ0n) is 10.9. The number of carbonyl (C=O) groups excluding carboxylic acids is 2. The van der Waals surface area contributed by atoms with Crippen molar-refractivity contribution in [3.8, 4) is 0 Å². The van der Waals surface area contributed by atoms with Gasteiger partial charge in [0.15, 0.2) is 15.1 Å². The van der Waals surface area contributed by atoms with Crippen LogP contribution in [0.15, 0.2) is 0 Å². The first kappa shape index (κ1) is 16.9. The first-order valence-electron chi connectivity index (χ1n) is 5.61. The van der Waals surface area contributed by atoms with E-state index in [0.717, 1.165) is 7.11 Å². The fourth-order valence-corrected chi connectivity index (χ4v) is 2.87. The first-order valence-corrected chi connectivity index (χ1v) is 7.32. The van der Waals surface area contributed by atoms with Crippen LogP contribution in [0.4, 0.5) is 0 Å². The number of hydrogen-bond acceptors (Lipinski definition) is 6. The largest absolute Gasteiger partial charge is 0.468 e. The second-order valence-corrected chi connectivity index (χ2v) is 5.80. The predicted octanol–water partition coefficient (Wildman–Crippen LogP) is -1.23. The second kappa shape index (κ2) is 7.32. The normalized spacial score (nSPS) is 12.9. The average Bonchev–Trinajstić information content (AvgIpc) is 2.29. The minimum Gasteiger partial charge on any atom is -0.468 e. The lowest BCUT2D eigenvalue weighted by Crippen LogP contribution is -2.44. The van der Waals surface area contributed by atoms with E-state index in [1.807, 2.05) is 0 Å². The molecule has 0 aromatic carbocycles. The molecule has 0 aliphatic heterocycles. The molecule has 8 heteroatoms. The van der Waals surface area contributed by atoms with Crippen molar-refractivity contribution in [2.45, 2.75) is 19.1 Å². The quantitative estimate of drug-likeness (QED) is 0.585. The maximum absolute atomic E-state index is 11.9. The number of hydrogen-bond donors (Lipinski definition) is 1. The number of amides is 1. The first-order chi connectivity index (χ1) is 8.33. The fraction of sp³-hybridized carbons (Fsp3) is 0.800. The molecule has 0 saturated carbocycles. The van der Waals surface area contributed by atoms with Gasteiger partial charge in [-0.25, -0.2) is 8.42 Å². The highest BCUT2D eigenvalue weighted by atomic mass is 32.2. The Morgan fingerprint density at radius 2 is 1.78 bits per heavy atom. The van der Waals surface area contributed by atoms with Gasteiger partial charge in [-0.15, -0.1) is 0 Å². The van der Waals surface area contributed by atoms with Gasteiger partial charge in [-0.1, -0.05) is 0 Å². The molecule has 0 aliphatic carbocycles. The van der Waals surface area contributed by atoms with Gasteiger partial charge in [-0.05, 0) is 13.8 Å². The van der Waals surface area contributed by atoms with Crippen molar-refractivity contribution in [2.24, 2.45) is 5.73 Å². The summed E-state index contributed by atoms with van der Waals surface area (Å²) < 4.78 is 28.1. The highest BCUT2D eigenvalue weighted by Crippen LogP contribution is 2.05. The average molecular weight is 280 g/mol. The Morgan fingerprint density at radius 3 is 2.11 bits per heavy atom. The summed E-state index contributed by atoms with van der Waals surface area (Å²) in [6, 6.07) is 0. The summed E-state index contributed by atoms with van der Waals surface area (Å²) in [5.74, 6) is -2.21. The third-order valence-electron chi connectivity index (χ3n) is 2.55. The van der Waals surface area contributed by atoms with Crippen molar-refractivity contribution < 1.29 is 22.7 Å². The van der Waals surface area contributed by atoms with E-state index in [1.165, 1.54) is 4.90 Å². The minimum atomic E-state index is -3.94. The highest BCUT2D eigenvalue weighted by molar-refractivity contribution is 7.93. The summed E-state index contributed by atoms with van der Waals surface area (Å²) in [5, 5.41) is -1.48. The predicted molar refractivity (Wildman–Crippen MR) is 66.6 cm³/mol. The van der Waals surface area contributed by atoms with Crippen molar-refractivity contribution >= 4 is 21.7 Å². The molecule has 2 N–H and O–H groups in total. The molecule has 18 heavy (non-hydrogen) atoms. The smallest absolute Gasteiger partial charge is 0.325 e. The number of nitrogens with two attached hydrogens (primary N) is 1. The highest BCUT2D eigenvalue weighted by Gasteiger charge is 2.34. The number of esters is 1. The second-order valence-electron chi connectivity index (χ2n) is 3.62. The van der Waals surface area contributed by atoms with Gasteiger partial charge in [-0.2, -0.15) is 0 Å². The monoisotopic (exact) mass is 280 g/mol. The zero-order valence-corrected chi connectivity index (χ0v) is 11.7. The molecule has 0 radical (unpaired) electrons. The van der Waals surface area contributed by atoms with Gasteiger partial charge in [0, 0.05) is 19.6 Å². The van der Waals surface area contributed by atoms with Gasteiger partial charge in [0.1, 0.15) is 5.75 Å². The number of nitrogens with zero attached hydrogens (tertiary/aromatic N) is 1. The van der Waals surface area contributed by atoms with Crippen molar-refractivity contribution in [1.29, 1.82) is 0 Å². The van der Waals surface area contributed by atoms with Gasteiger partial charge in [0.05, 0.1) is 7.11 Å². The molecule has 7 nitrogen and oxygen atoms in total. The Morgan fingerprint density at radius 1 is 1.28 bits per heavy atom. The number of methoxy groups -OCH3 is 1. The van der Waals surface area contributed by atoms with Gasteiger partial charge in [0.2, 0.25) is 5.91 Å². The third kappa shape index (κ3) is 4.26. The SMILES string of the molecule is CCN(CC)C(=O)CS(=O)(=O)C(CN)C(=O)OC. The molecule has 106 valence electrons. The van der Waals surface area contributed by atoms with Gasteiger partial charge in [-0.3, -0.25) is 9.59 Å². The molecule has 1 amide bonds. The van der Waals surface area contributed by atoms with Crippen LogP contribution in [0.1, 0.15) is 13.8 Å². The Balaban J connectivity index is 4.94. The van der Waals surface area contributed by atoms with Crippen LogP contribution in [0.5, 0.6) is 0 Å². The summed E-state index contributed by atoms with van der Waals surface area (Å²) in [6.45, 7) is 3.91.